The lowest BCUT2D eigenvalue weighted by Gasteiger charge is -2.28. The van der Waals surface area contributed by atoms with E-state index in [0.717, 1.165) is 12.0 Å². The van der Waals surface area contributed by atoms with Crippen LogP contribution in [0.2, 0.25) is 0 Å². The number of aliphatic carboxylic acids is 1. The molecule has 3 N–H and O–H groups in total. The second kappa shape index (κ2) is 5.27. The van der Waals surface area contributed by atoms with Crippen LogP contribution in [0.4, 0.5) is 4.39 Å². The van der Waals surface area contributed by atoms with Crippen LogP contribution < -0.4 is 5.73 Å². The van der Waals surface area contributed by atoms with E-state index in [1.807, 2.05) is 17.9 Å². The van der Waals surface area contributed by atoms with Crippen molar-refractivity contribution in [3.8, 4) is 0 Å². The number of carboxylic acid groups (broad SMARTS) is 1. The lowest BCUT2D eigenvalue weighted by molar-refractivity contribution is -0.142. The number of likely N-dealkylation sites (tertiary alicyclic amines) is 1. The van der Waals surface area contributed by atoms with Gasteiger partial charge in [-0.05, 0) is 30.5 Å². The number of hydrogen-bond donors (Lipinski definition) is 2. The molecule has 0 aliphatic carbocycles. The fourth-order valence-corrected chi connectivity index (χ4v) is 2.72. The van der Waals surface area contributed by atoms with Crippen molar-refractivity contribution in [2.75, 3.05) is 13.1 Å². The lowest BCUT2D eigenvalue weighted by Crippen LogP contribution is -2.50. The molecule has 1 aliphatic rings. The van der Waals surface area contributed by atoms with Gasteiger partial charge < -0.3 is 10.8 Å². The van der Waals surface area contributed by atoms with Crippen LogP contribution >= 0.6 is 0 Å². The van der Waals surface area contributed by atoms with Crippen molar-refractivity contribution < 1.29 is 14.3 Å². The Morgan fingerprint density at radius 3 is 2.89 bits per heavy atom. The highest BCUT2D eigenvalue weighted by atomic mass is 19.1. The summed E-state index contributed by atoms with van der Waals surface area (Å²) >= 11 is 0. The Labute approximate surface area is 112 Å². The summed E-state index contributed by atoms with van der Waals surface area (Å²) in [6.45, 7) is 2.93. The minimum absolute atomic E-state index is 0.0143. The normalized spacial score (nSPS) is 25.4. The van der Waals surface area contributed by atoms with Crippen molar-refractivity contribution in [3.63, 3.8) is 0 Å². The van der Waals surface area contributed by atoms with E-state index in [-0.39, 0.29) is 11.9 Å². The molecule has 1 saturated heterocycles. The van der Waals surface area contributed by atoms with Crippen LogP contribution in [0.3, 0.4) is 0 Å². The van der Waals surface area contributed by atoms with Crippen molar-refractivity contribution in [2.45, 2.75) is 31.3 Å². The summed E-state index contributed by atoms with van der Waals surface area (Å²) in [7, 11) is 0. The first-order chi connectivity index (χ1) is 8.96. The van der Waals surface area contributed by atoms with Gasteiger partial charge >= 0.3 is 5.97 Å². The first-order valence-corrected chi connectivity index (χ1v) is 6.48. The molecule has 1 aliphatic heterocycles. The molecular weight excluding hydrogens is 247 g/mol. The molecule has 0 bridgehead atoms. The summed E-state index contributed by atoms with van der Waals surface area (Å²) in [4.78, 5) is 13.2. The Morgan fingerprint density at radius 1 is 1.63 bits per heavy atom. The molecule has 2 atom stereocenters. The van der Waals surface area contributed by atoms with Crippen molar-refractivity contribution in [1.82, 2.24) is 4.90 Å². The minimum atomic E-state index is -1.18. The molecule has 4 nitrogen and oxygen atoms in total. The largest absolute Gasteiger partial charge is 0.480 e. The number of benzene rings is 1. The Hall–Kier alpha value is -1.46. The van der Waals surface area contributed by atoms with Gasteiger partial charge in [0.1, 0.15) is 11.4 Å². The zero-order valence-corrected chi connectivity index (χ0v) is 11.0. The number of carbonyl (C=O) groups is 1. The van der Waals surface area contributed by atoms with Gasteiger partial charge in [-0.3, -0.25) is 9.69 Å². The summed E-state index contributed by atoms with van der Waals surface area (Å²) in [5.74, 6) is -1.24. The summed E-state index contributed by atoms with van der Waals surface area (Å²) in [5.41, 5.74) is 5.57. The average Bonchev–Trinajstić information content (AvgIpc) is 2.74. The Kier molecular flexibility index (Phi) is 3.87. The number of nitrogens with two attached hydrogens (primary N) is 1. The van der Waals surface area contributed by atoms with Crippen LogP contribution in [0.25, 0.3) is 0 Å². The van der Waals surface area contributed by atoms with Gasteiger partial charge in [0.2, 0.25) is 0 Å². The topological polar surface area (TPSA) is 66.6 Å². The van der Waals surface area contributed by atoms with Gasteiger partial charge in [0.25, 0.3) is 0 Å². The van der Waals surface area contributed by atoms with Crippen LogP contribution in [0, 0.1) is 5.82 Å². The van der Waals surface area contributed by atoms with Crippen LogP contribution in [0.1, 0.15) is 31.4 Å². The van der Waals surface area contributed by atoms with Crippen LogP contribution in [-0.4, -0.2) is 34.6 Å². The second-order valence-corrected chi connectivity index (χ2v) is 5.16. The van der Waals surface area contributed by atoms with Crippen molar-refractivity contribution in [3.05, 3.63) is 35.6 Å². The summed E-state index contributed by atoms with van der Waals surface area (Å²) in [6, 6.07) is 6.47. The molecule has 5 heteroatoms. The van der Waals surface area contributed by atoms with E-state index in [1.165, 1.54) is 12.1 Å². The molecule has 1 aromatic carbocycles. The van der Waals surface area contributed by atoms with E-state index < -0.39 is 11.5 Å². The highest BCUT2D eigenvalue weighted by Gasteiger charge is 2.43. The summed E-state index contributed by atoms with van der Waals surface area (Å²) in [5, 5.41) is 9.15. The maximum Gasteiger partial charge on any atom is 0.325 e. The van der Waals surface area contributed by atoms with Gasteiger partial charge in [0, 0.05) is 19.1 Å². The molecule has 2 unspecified atom stereocenters. The molecule has 1 heterocycles. The SMILES string of the molecule is CCC(c1cccc(F)c1)N1CCC(N)(C(=O)O)C1. The molecule has 104 valence electrons. The summed E-state index contributed by atoms with van der Waals surface area (Å²) in [6.07, 6.45) is 1.22. The standard InChI is InChI=1S/C14H19FN2O2/c1-2-12(10-4-3-5-11(15)8-10)17-7-6-14(16,9-17)13(18)19/h3-5,8,12H,2,6-7,9,16H2,1H3,(H,18,19). The molecule has 0 radical (unpaired) electrons. The number of halogens is 1. The summed E-state index contributed by atoms with van der Waals surface area (Å²) < 4.78 is 13.3. The average molecular weight is 266 g/mol. The van der Waals surface area contributed by atoms with Crippen molar-refractivity contribution >= 4 is 5.97 Å². The third-order valence-corrected chi connectivity index (χ3v) is 3.82. The van der Waals surface area contributed by atoms with Gasteiger partial charge in [-0.2, -0.15) is 0 Å². The van der Waals surface area contributed by atoms with E-state index in [0.29, 0.717) is 19.5 Å². The molecule has 0 spiro atoms. The molecule has 0 saturated carbocycles. The second-order valence-electron chi connectivity index (χ2n) is 5.16. The first kappa shape index (κ1) is 14.0. The Bertz CT molecular complexity index is 480. The van der Waals surface area contributed by atoms with Gasteiger partial charge in [0.15, 0.2) is 0 Å². The molecular formula is C14H19FN2O2. The predicted molar refractivity (Wildman–Crippen MR) is 70.2 cm³/mol. The number of carboxylic acids is 1. The van der Waals surface area contributed by atoms with E-state index in [1.54, 1.807) is 6.07 Å². The quantitative estimate of drug-likeness (QED) is 0.871. The molecule has 0 aromatic heterocycles. The Morgan fingerprint density at radius 2 is 2.37 bits per heavy atom. The van der Waals surface area contributed by atoms with E-state index in [9.17, 15) is 9.18 Å². The fourth-order valence-electron chi connectivity index (χ4n) is 2.72. The van der Waals surface area contributed by atoms with E-state index in [2.05, 4.69) is 0 Å². The van der Waals surface area contributed by atoms with Crippen LogP contribution in [-0.2, 0) is 4.79 Å². The highest BCUT2D eigenvalue weighted by molar-refractivity contribution is 5.79. The fraction of sp³-hybridized carbons (Fsp3) is 0.500. The molecule has 19 heavy (non-hydrogen) atoms. The van der Waals surface area contributed by atoms with Crippen LogP contribution in [0.15, 0.2) is 24.3 Å². The Balaban J connectivity index is 2.18. The maximum atomic E-state index is 13.3. The molecule has 1 aromatic rings. The monoisotopic (exact) mass is 266 g/mol. The number of nitrogens with zero attached hydrogens (tertiary/aromatic N) is 1. The number of hydrogen-bond acceptors (Lipinski definition) is 3. The van der Waals surface area contributed by atoms with Crippen molar-refractivity contribution in [1.29, 1.82) is 0 Å². The van der Waals surface area contributed by atoms with E-state index in [4.69, 9.17) is 10.8 Å². The van der Waals surface area contributed by atoms with Crippen LogP contribution in [0.5, 0.6) is 0 Å². The zero-order valence-electron chi connectivity index (χ0n) is 11.0. The maximum absolute atomic E-state index is 13.3. The minimum Gasteiger partial charge on any atom is -0.480 e. The molecule has 1 fully saturated rings. The smallest absolute Gasteiger partial charge is 0.325 e. The predicted octanol–water partition coefficient (Wildman–Crippen LogP) is 1.76. The third kappa shape index (κ3) is 2.77. The highest BCUT2D eigenvalue weighted by Crippen LogP contribution is 2.31. The first-order valence-electron chi connectivity index (χ1n) is 6.48. The van der Waals surface area contributed by atoms with Gasteiger partial charge in [0.05, 0.1) is 0 Å². The van der Waals surface area contributed by atoms with E-state index >= 15 is 0 Å². The molecule has 0 amide bonds. The molecule has 2 rings (SSSR count). The van der Waals surface area contributed by atoms with Gasteiger partial charge in [-0.15, -0.1) is 0 Å². The van der Waals surface area contributed by atoms with Crippen molar-refractivity contribution in [2.24, 2.45) is 5.73 Å². The van der Waals surface area contributed by atoms with Gasteiger partial charge in [-0.1, -0.05) is 19.1 Å². The number of rotatable bonds is 4. The third-order valence-electron chi connectivity index (χ3n) is 3.82. The zero-order chi connectivity index (χ0) is 14.0. The van der Waals surface area contributed by atoms with Gasteiger partial charge in [-0.25, -0.2) is 4.39 Å². The lowest BCUT2D eigenvalue weighted by atomic mass is 10.00.